The van der Waals surface area contributed by atoms with Gasteiger partial charge >= 0.3 is 6.03 Å². The molecule has 1 unspecified atom stereocenters. The maximum absolute atomic E-state index is 12.3. The van der Waals surface area contributed by atoms with E-state index in [0.29, 0.717) is 0 Å². The molecule has 1 saturated carbocycles. The molecular weight excluding hydrogens is 354 g/mol. The third-order valence-electron chi connectivity index (χ3n) is 4.96. The highest BCUT2D eigenvalue weighted by atomic mass is 35.5. The highest BCUT2D eigenvalue weighted by Crippen LogP contribution is 2.21. The van der Waals surface area contributed by atoms with Crippen molar-refractivity contribution in [1.82, 2.24) is 25.8 Å². The molecule has 1 aliphatic carbocycles. The second-order valence-electron chi connectivity index (χ2n) is 6.83. The smallest absolute Gasteiger partial charge is 0.321 e. The van der Waals surface area contributed by atoms with Crippen LogP contribution in [0.15, 0.2) is 24.5 Å². The van der Waals surface area contributed by atoms with Crippen molar-refractivity contribution in [2.24, 2.45) is 0 Å². The fourth-order valence-corrected chi connectivity index (χ4v) is 3.66. The zero-order valence-electron chi connectivity index (χ0n) is 14.9. The van der Waals surface area contributed by atoms with E-state index in [2.05, 4.69) is 25.8 Å². The minimum atomic E-state index is -0.370. The second kappa shape index (κ2) is 10.4. The number of urea groups is 1. The summed E-state index contributed by atoms with van der Waals surface area (Å²) in [5.74, 6) is -0.260. The van der Waals surface area contributed by atoms with Crippen LogP contribution in [0.4, 0.5) is 4.79 Å². The Kier molecular flexibility index (Phi) is 8.28. The van der Waals surface area contributed by atoms with Gasteiger partial charge in [0, 0.05) is 44.1 Å². The normalized spacial score (nSPS) is 21.5. The first kappa shape index (κ1) is 20.6. The summed E-state index contributed by atoms with van der Waals surface area (Å²) in [6.07, 6.45) is 9.10. The van der Waals surface area contributed by atoms with Crippen LogP contribution in [0, 0.1) is 0 Å². The summed E-state index contributed by atoms with van der Waals surface area (Å²) in [4.78, 5) is 30.6. The van der Waals surface area contributed by atoms with Gasteiger partial charge in [-0.15, -0.1) is 12.4 Å². The molecule has 1 aromatic heterocycles. The molecule has 2 fully saturated rings. The molecule has 1 aliphatic heterocycles. The first-order valence-corrected chi connectivity index (χ1v) is 9.17. The van der Waals surface area contributed by atoms with Crippen molar-refractivity contribution in [3.05, 3.63) is 30.1 Å². The molecule has 1 atom stereocenters. The van der Waals surface area contributed by atoms with E-state index in [1.165, 1.54) is 6.42 Å². The van der Waals surface area contributed by atoms with E-state index in [4.69, 9.17) is 0 Å². The van der Waals surface area contributed by atoms with Gasteiger partial charge in [0.05, 0.1) is 6.54 Å². The van der Waals surface area contributed by atoms with Gasteiger partial charge in [-0.05, 0) is 24.5 Å². The molecule has 0 radical (unpaired) electrons. The number of hydrogen-bond acceptors (Lipinski definition) is 5. The average molecular weight is 382 g/mol. The van der Waals surface area contributed by atoms with Crippen LogP contribution in [-0.2, 0) is 4.79 Å². The number of nitrogens with zero attached hydrogens (tertiary/aromatic N) is 2. The quantitative estimate of drug-likeness (QED) is 0.737. The highest BCUT2D eigenvalue weighted by molar-refractivity contribution is 5.95. The molecule has 0 spiro atoms. The minimum Gasteiger partial charge on any atom is -0.335 e. The molecule has 3 N–H and O–H groups in total. The van der Waals surface area contributed by atoms with Gasteiger partial charge in [0.1, 0.15) is 0 Å². The van der Waals surface area contributed by atoms with Crippen molar-refractivity contribution < 1.29 is 9.59 Å². The Hall–Kier alpha value is -1.70. The molecule has 3 rings (SSSR count). The van der Waals surface area contributed by atoms with Crippen molar-refractivity contribution in [2.45, 2.75) is 44.2 Å². The topological polar surface area (TPSA) is 86.4 Å². The lowest BCUT2D eigenvalue weighted by Gasteiger charge is -2.35. The Balaban J connectivity index is 0.00000243. The zero-order chi connectivity index (χ0) is 17.5. The number of imide groups is 1. The van der Waals surface area contributed by atoms with E-state index in [1.807, 2.05) is 18.3 Å². The number of pyridine rings is 1. The van der Waals surface area contributed by atoms with Gasteiger partial charge in [0.15, 0.2) is 0 Å². The van der Waals surface area contributed by atoms with E-state index in [0.717, 1.165) is 50.9 Å². The van der Waals surface area contributed by atoms with Crippen molar-refractivity contribution >= 4 is 24.3 Å². The van der Waals surface area contributed by atoms with Gasteiger partial charge in [0.25, 0.3) is 0 Å². The predicted octanol–water partition coefficient (Wildman–Crippen LogP) is 1.61. The molecule has 0 bridgehead atoms. The summed E-state index contributed by atoms with van der Waals surface area (Å²) in [6.45, 7) is 2.57. The summed E-state index contributed by atoms with van der Waals surface area (Å²) in [5.41, 5.74) is 1.08. The Labute approximate surface area is 160 Å². The van der Waals surface area contributed by atoms with Gasteiger partial charge in [0.2, 0.25) is 5.91 Å². The summed E-state index contributed by atoms with van der Waals surface area (Å²) < 4.78 is 0. The largest absolute Gasteiger partial charge is 0.335 e. The van der Waals surface area contributed by atoms with E-state index >= 15 is 0 Å². The Morgan fingerprint density at radius 3 is 2.81 bits per heavy atom. The number of piperazine rings is 1. The van der Waals surface area contributed by atoms with E-state index in [9.17, 15) is 9.59 Å². The van der Waals surface area contributed by atoms with Crippen LogP contribution in [0.5, 0.6) is 0 Å². The fraction of sp³-hybridized carbons (Fsp3) is 0.611. The van der Waals surface area contributed by atoms with Gasteiger partial charge < -0.3 is 10.6 Å². The first-order chi connectivity index (χ1) is 12.2. The van der Waals surface area contributed by atoms with Crippen molar-refractivity contribution in [3.63, 3.8) is 0 Å². The average Bonchev–Trinajstić information content (AvgIpc) is 2.63. The number of carbonyl (C=O) groups is 2. The molecule has 1 saturated heterocycles. The van der Waals surface area contributed by atoms with E-state index in [1.54, 1.807) is 6.20 Å². The van der Waals surface area contributed by atoms with Crippen molar-refractivity contribution in [3.8, 4) is 0 Å². The van der Waals surface area contributed by atoms with Crippen LogP contribution in [0.25, 0.3) is 0 Å². The summed E-state index contributed by atoms with van der Waals surface area (Å²) in [7, 11) is 0. The van der Waals surface area contributed by atoms with Crippen molar-refractivity contribution in [1.29, 1.82) is 0 Å². The van der Waals surface area contributed by atoms with Crippen LogP contribution < -0.4 is 16.0 Å². The highest BCUT2D eigenvalue weighted by Gasteiger charge is 2.26. The van der Waals surface area contributed by atoms with Crippen LogP contribution in [0.3, 0.4) is 0 Å². The van der Waals surface area contributed by atoms with E-state index in [-0.39, 0.29) is 43.0 Å². The van der Waals surface area contributed by atoms with Crippen LogP contribution in [0.1, 0.15) is 43.7 Å². The monoisotopic (exact) mass is 381 g/mol. The third kappa shape index (κ3) is 5.93. The maximum Gasteiger partial charge on any atom is 0.321 e. The Morgan fingerprint density at radius 2 is 2.08 bits per heavy atom. The molecule has 8 heteroatoms. The fourth-order valence-electron chi connectivity index (χ4n) is 3.66. The third-order valence-corrected chi connectivity index (χ3v) is 4.96. The number of hydrogen-bond donors (Lipinski definition) is 3. The van der Waals surface area contributed by atoms with Crippen LogP contribution >= 0.6 is 12.4 Å². The molecule has 3 amide bonds. The Bertz CT molecular complexity index is 580. The molecule has 26 heavy (non-hydrogen) atoms. The molecule has 2 aliphatic rings. The predicted molar refractivity (Wildman–Crippen MR) is 102 cm³/mol. The number of halogens is 1. The number of aromatic nitrogens is 1. The summed E-state index contributed by atoms with van der Waals surface area (Å²) in [6, 6.07) is 3.84. The summed E-state index contributed by atoms with van der Waals surface area (Å²) in [5, 5.41) is 8.75. The first-order valence-electron chi connectivity index (χ1n) is 9.17. The zero-order valence-corrected chi connectivity index (χ0v) is 15.8. The van der Waals surface area contributed by atoms with Gasteiger partial charge in [-0.1, -0.05) is 25.3 Å². The summed E-state index contributed by atoms with van der Waals surface area (Å²) >= 11 is 0. The molecule has 1 aromatic rings. The van der Waals surface area contributed by atoms with Gasteiger partial charge in [-0.3, -0.25) is 20.0 Å². The lowest BCUT2D eigenvalue weighted by atomic mass is 9.96. The molecular formula is C18H28ClN5O2. The van der Waals surface area contributed by atoms with Crippen molar-refractivity contribution in [2.75, 3.05) is 26.2 Å². The van der Waals surface area contributed by atoms with E-state index < -0.39 is 0 Å². The molecule has 2 heterocycles. The standard InChI is InChI=1S/C18H27N5O2.ClH/c24-17(22-18(25)21-15-6-2-1-3-7-15)13-23-10-9-20-12-16(23)14-5-4-8-19-11-14;/h4-5,8,11,15-16,20H,1-3,6-7,9-10,12-13H2,(H2,21,22,24,25);1H. The van der Waals surface area contributed by atoms with Crippen LogP contribution in [-0.4, -0.2) is 54.0 Å². The lowest BCUT2D eigenvalue weighted by molar-refractivity contribution is -0.122. The van der Waals surface area contributed by atoms with Crippen LogP contribution in [0.2, 0.25) is 0 Å². The molecule has 0 aromatic carbocycles. The van der Waals surface area contributed by atoms with Gasteiger partial charge in [-0.2, -0.15) is 0 Å². The van der Waals surface area contributed by atoms with Gasteiger partial charge in [-0.25, -0.2) is 4.79 Å². The Morgan fingerprint density at radius 1 is 1.27 bits per heavy atom. The number of carbonyl (C=O) groups excluding carboxylic acids is 2. The SMILES string of the molecule is Cl.O=C(CN1CCNCC1c1cccnc1)NC(=O)NC1CCCCC1. The minimum absolute atomic E-state index is 0. The molecule has 144 valence electrons. The number of amides is 3. The number of nitrogens with one attached hydrogen (secondary N) is 3. The second-order valence-corrected chi connectivity index (χ2v) is 6.83. The molecule has 7 nitrogen and oxygen atoms in total. The maximum atomic E-state index is 12.3. The lowest BCUT2D eigenvalue weighted by Crippen LogP contribution is -2.52. The number of rotatable bonds is 4.